The highest BCUT2D eigenvalue weighted by molar-refractivity contribution is 7.57. The molecule has 2 unspecified atom stereocenters. The van der Waals surface area contributed by atoms with Crippen LogP contribution in [0.2, 0.25) is 0 Å². The van der Waals surface area contributed by atoms with Crippen molar-refractivity contribution in [2.75, 3.05) is 25.5 Å². The summed E-state index contributed by atoms with van der Waals surface area (Å²) in [5.74, 6) is 0. The summed E-state index contributed by atoms with van der Waals surface area (Å²) in [5.41, 5.74) is 1.72. The molecule has 2 rings (SSSR count). The average Bonchev–Trinajstić information content (AvgIpc) is 2.61. The van der Waals surface area contributed by atoms with Gasteiger partial charge in [0, 0.05) is 37.9 Å². The van der Waals surface area contributed by atoms with Crippen LogP contribution in [-0.4, -0.2) is 35.3 Å². The third-order valence-corrected chi connectivity index (χ3v) is 7.89. The monoisotopic (exact) mass is 410 g/mol. The Morgan fingerprint density at radius 1 is 0.667 bits per heavy atom. The Morgan fingerprint density at radius 3 is 1.41 bits per heavy atom. The smallest absolute Gasteiger partial charge is 0.204 e. The molecule has 0 aromatic heterocycles. The van der Waals surface area contributed by atoms with Crippen molar-refractivity contribution < 1.29 is 23.7 Å². The van der Waals surface area contributed by atoms with Gasteiger partial charge in [-0.15, -0.1) is 0 Å². The fourth-order valence-electron chi connectivity index (χ4n) is 2.82. The van der Waals surface area contributed by atoms with E-state index in [-0.39, 0.29) is 24.6 Å². The molecular formula is C20H28O5P2. The molecule has 0 fully saturated rings. The largest absolute Gasteiger partial charge is 0.381 e. The van der Waals surface area contributed by atoms with Gasteiger partial charge in [0.1, 0.15) is 0 Å². The summed E-state index contributed by atoms with van der Waals surface area (Å²) in [5, 5.41) is 0. The van der Waals surface area contributed by atoms with E-state index in [9.17, 15) is 18.9 Å². The van der Waals surface area contributed by atoms with E-state index >= 15 is 0 Å². The SMILES string of the molecule is O=P(O)(CCCOCCCP(=O)(O)Cc1ccccc1)Cc1ccccc1. The summed E-state index contributed by atoms with van der Waals surface area (Å²) in [4.78, 5) is 20.1. The van der Waals surface area contributed by atoms with Crippen molar-refractivity contribution in [1.29, 1.82) is 0 Å². The van der Waals surface area contributed by atoms with E-state index in [1.807, 2.05) is 60.7 Å². The highest BCUT2D eigenvalue weighted by Gasteiger charge is 2.19. The molecule has 2 aromatic carbocycles. The maximum atomic E-state index is 12.2. The van der Waals surface area contributed by atoms with Crippen LogP contribution in [0.3, 0.4) is 0 Å². The highest BCUT2D eigenvalue weighted by atomic mass is 31.2. The van der Waals surface area contributed by atoms with Gasteiger partial charge in [0.2, 0.25) is 14.7 Å². The third kappa shape index (κ3) is 9.51. The molecule has 0 heterocycles. The molecule has 0 aliphatic rings. The van der Waals surface area contributed by atoms with E-state index in [0.717, 1.165) is 11.1 Å². The zero-order valence-corrected chi connectivity index (χ0v) is 17.2. The molecule has 0 spiro atoms. The van der Waals surface area contributed by atoms with Gasteiger partial charge >= 0.3 is 0 Å². The molecular weight excluding hydrogens is 382 g/mol. The Kier molecular flexibility index (Phi) is 8.95. The Balaban J connectivity index is 1.57. The number of rotatable bonds is 12. The summed E-state index contributed by atoms with van der Waals surface area (Å²) in [6.07, 6.45) is 1.80. The zero-order chi connectivity index (χ0) is 19.6. The predicted molar refractivity (Wildman–Crippen MR) is 110 cm³/mol. The van der Waals surface area contributed by atoms with Gasteiger partial charge in [-0.3, -0.25) is 9.13 Å². The number of hydrogen-bond acceptors (Lipinski definition) is 3. The number of ether oxygens (including phenoxy) is 1. The lowest BCUT2D eigenvalue weighted by Crippen LogP contribution is -2.03. The highest BCUT2D eigenvalue weighted by Crippen LogP contribution is 2.45. The summed E-state index contributed by atoms with van der Waals surface area (Å²) < 4.78 is 29.9. The molecule has 0 bridgehead atoms. The quantitative estimate of drug-likeness (QED) is 0.391. The lowest BCUT2D eigenvalue weighted by Gasteiger charge is -2.13. The first-order valence-electron chi connectivity index (χ1n) is 9.14. The van der Waals surface area contributed by atoms with Crippen LogP contribution in [0.25, 0.3) is 0 Å². The van der Waals surface area contributed by atoms with Gasteiger partial charge in [-0.05, 0) is 24.0 Å². The van der Waals surface area contributed by atoms with E-state index in [2.05, 4.69) is 0 Å². The second-order valence-electron chi connectivity index (χ2n) is 6.75. The predicted octanol–water partition coefficient (Wildman–Crippen LogP) is 4.72. The van der Waals surface area contributed by atoms with Crippen LogP contribution in [0.4, 0.5) is 0 Å². The summed E-state index contributed by atoms with van der Waals surface area (Å²) in [7, 11) is -6.40. The molecule has 0 aliphatic heterocycles. The van der Waals surface area contributed by atoms with Crippen LogP contribution in [0.5, 0.6) is 0 Å². The standard InChI is InChI=1S/C20H28O5P2/c21-26(22,17-19-9-3-1-4-10-19)15-7-13-25-14-8-16-27(23,24)18-20-11-5-2-6-12-20/h1-6,9-12H,7-8,13-18H2,(H,21,22)(H,23,24). The molecule has 148 valence electrons. The average molecular weight is 410 g/mol. The first-order valence-corrected chi connectivity index (χ1v) is 13.2. The van der Waals surface area contributed by atoms with Crippen LogP contribution in [0, 0.1) is 0 Å². The third-order valence-electron chi connectivity index (χ3n) is 4.14. The van der Waals surface area contributed by atoms with E-state index < -0.39 is 14.7 Å². The van der Waals surface area contributed by atoms with E-state index in [0.29, 0.717) is 26.1 Å². The Hall–Kier alpha value is -1.22. The van der Waals surface area contributed by atoms with Crippen molar-refractivity contribution >= 4 is 14.7 Å². The number of hydrogen-bond donors (Lipinski definition) is 2. The molecule has 0 radical (unpaired) electrons. The van der Waals surface area contributed by atoms with E-state index in [4.69, 9.17) is 4.74 Å². The topological polar surface area (TPSA) is 83.8 Å². The Bertz CT molecular complexity index is 699. The van der Waals surface area contributed by atoms with Crippen LogP contribution < -0.4 is 0 Å². The minimum Gasteiger partial charge on any atom is -0.381 e. The van der Waals surface area contributed by atoms with Crippen LogP contribution in [0.1, 0.15) is 24.0 Å². The van der Waals surface area contributed by atoms with Gasteiger partial charge < -0.3 is 14.5 Å². The summed E-state index contributed by atoms with van der Waals surface area (Å²) in [6, 6.07) is 18.6. The van der Waals surface area contributed by atoms with Gasteiger partial charge in [0.05, 0.1) is 0 Å². The molecule has 0 saturated carbocycles. The van der Waals surface area contributed by atoms with E-state index in [1.165, 1.54) is 0 Å². The normalized spacial score (nSPS) is 15.8. The molecule has 27 heavy (non-hydrogen) atoms. The van der Waals surface area contributed by atoms with Crippen molar-refractivity contribution in [2.24, 2.45) is 0 Å². The molecule has 0 aliphatic carbocycles. The van der Waals surface area contributed by atoms with Gasteiger partial charge in [-0.25, -0.2) is 0 Å². The van der Waals surface area contributed by atoms with Crippen LogP contribution in [0.15, 0.2) is 60.7 Å². The van der Waals surface area contributed by atoms with Crippen molar-refractivity contribution in [3.8, 4) is 0 Å². The molecule has 2 aromatic rings. The maximum Gasteiger partial charge on any atom is 0.204 e. The van der Waals surface area contributed by atoms with E-state index in [1.54, 1.807) is 0 Å². The first-order chi connectivity index (χ1) is 12.9. The van der Waals surface area contributed by atoms with Crippen molar-refractivity contribution in [3.63, 3.8) is 0 Å². The van der Waals surface area contributed by atoms with Gasteiger partial charge in [-0.2, -0.15) is 0 Å². The van der Waals surface area contributed by atoms with Crippen molar-refractivity contribution in [2.45, 2.75) is 25.2 Å². The van der Waals surface area contributed by atoms with Crippen molar-refractivity contribution in [3.05, 3.63) is 71.8 Å². The summed E-state index contributed by atoms with van der Waals surface area (Å²) >= 11 is 0. The first kappa shape index (κ1) is 22.1. The number of benzene rings is 2. The molecule has 2 N–H and O–H groups in total. The van der Waals surface area contributed by atoms with Crippen LogP contribution in [-0.2, 0) is 26.2 Å². The Morgan fingerprint density at radius 2 is 1.04 bits per heavy atom. The minimum absolute atomic E-state index is 0.182. The fraction of sp³-hybridized carbons (Fsp3) is 0.400. The minimum atomic E-state index is -3.20. The zero-order valence-electron chi connectivity index (χ0n) is 15.4. The van der Waals surface area contributed by atoms with Gasteiger partial charge in [0.15, 0.2) is 0 Å². The van der Waals surface area contributed by atoms with Crippen LogP contribution >= 0.6 is 14.7 Å². The second-order valence-corrected chi connectivity index (χ2v) is 11.7. The molecule has 0 amide bonds. The lowest BCUT2D eigenvalue weighted by atomic mass is 10.2. The fourth-order valence-corrected chi connectivity index (χ4v) is 5.95. The molecule has 5 nitrogen and oxygen atoms in total. The Labute approximate surface area is 161 Å². The van der Waals surface area contributed by atoms with Crippen molar-refractivity contribution in [1.82, 2.24) is 0 Å². The molecule has 0 saturated heterocycles. The summed E-state index contributed by atoms with van der Waals surface area (Å²) in [6.45, 7) is 0.765. The second kappa shape index (κ2) is 10.9. The lowest BCUT2D eigenvalue weighted by molar-refractivity contribution is 0.135. The molecule has 7 heteroatoms. The van der Waals surface area contributed by atoms with Gasteiger partial charge in [-0.1, -0.05) is 60.7 Å². The maximum absolute atomic E-state index is 12.2. The van der Waals surface area contributed by atoms with Gasteiger partial charge in [0.25, 0.3) is 0 Å². The molecule has 2 atom stereocenters.